The minimum atomic E-state index is -0.971. The number of carbonyl (C=O) groups is 3. The third-order valence-corrected chi connectivity index (χ3v) is 5.38. The summed E-state index contributed by atoms with van der Waals surface area (Å²) in [5.41, 5.74) is 1.70. The zero-order valence-corrected chi connectivity index (χ0v) is 15.2. The van der Waals surface area contributed by atoms with Gasteiger partial charge in [0.25, 0.3) is 11.7 Å². The number of carbonyl (C=O) groups excluding carboxylic acids is 3. The predicted molar refractivity (Wildman–Crippen MR) is 95.4 cm³/mol. The van der Waals surface area contributed by atoms with Gasteiger partial charge in [0.15, 0.2) is 0 Å². The third-order valence-electron chi connectivity index (χ3n) is 5.38. The maximum absolute atomic E-state index is 13.5. The molecule has 2 aromatic rings. The summed E-state index contributed by atoms with van der Waals surface area (Å²) in [6, 6.07) is 5.57. The van der Waals surface area contributed by atoms with Crippen LogP contribution in [-0.2, 0) is 16.0 Å². The van der Waals surface area contributed by atoms with Gasteiger partial charge in [0.05, 0.1) is 18.2 Å². The molecule has 0 spiro atoms. The van der Waals surface area contributed by atoms with Gasteiger partial charge in [-0.25, -0.2) is 9.18 Å². The molecule has 1 amide bonds. The monoisotopic (exact) mass is 381 g/mol. The molecule has 1 saturated carbocycles. The lowest BCUT2D eigenvalue weighted by molar-refractivity contribution is -0.135. The van der Waals surface area contributed by atoms with Gasteiger partial charge in [-0.05, 0) is 49.4 Å². The fraction of sp³-hybridized carbons (Fsp3) is 0.300. The summed E-state index contributed by atoms with van der Waals surface area (Å²) in [7, 11) is 1.14. The van der Waals surface area contributed by atoms with Crippen molar-refractivity contribution in [2.75, 3.05) is 12.4 Å². The summed E-state index contributed by atoms with van der Waals surface area (Å²) in [6.45, 7) is 1.62. The molecule has 0 saturated heterocycles. The Bertz CT molecular complexity index is 1100. The summed E-state index contributed by atoms with van der Waals surface area (Å²) in [5.74, 6) is -2.53. The average molecular weight is 381 g/mol. The molecule has 2 aliphatic rings. The minimum absolute atomic E-state index is 0.136. The van der Waals surface area contributed by atoms with Crippen LogP contribution in [0.2, 0.25) is 0 Å². The molecule has 1 aliphatic heterocycles. The van der Waals surface area contributed by atoms with Gasteiger partial charge in [-0.1, -0.05) is 0 Å². The quantitative estimate of drug-likeness (QED) is 0.498. The summed E-state index contributed by atoms with van der Waals surface area (Å²) in [4.78, 5) is 37.3. The first-order valence-corrected chi connectivity index (χ1v) is 8.74. The van der Waals surface area contributed by atoms with Crippen molar-refractivity contribution in [2.45, 2.75) is 25.8 Å². The topological polar surface area (TPSA) is 101 Å². The number of halogens is 1. The Kier molecular flexibility index (Phi) is 4.03. The van der Waals surface area contributed by atoms with Gasteiger partial charge in [-0.15, -0.1) is 0 Å². The minimum Gasteiger partial charge on any atom is -0.463 e. The highest BCUT2D eigenvalue weighted by Gasteiger charge is 2.50. The van der Waals surface area contributed by atoms with Gasteiger partial charge in [-0.3, -0.25) is 9.59 Å². The SMILES string of the molecule is COC(=O)C(=O)c1c(C)c(C(=O)Nc2ccc(F)c(C#N)c2)n2c1CC1CC12. The van der Waals surface area contributed by atoms with Gasteiger partial charge in [0.1, 0.15) is 17.6 Å². The number of nitrogens with one attached hydrogen (secondary N) is 1. The maximum atomic E-state index is 13.5. The number of nitriles is 1. The first-order valence-electron chi connectivity index (χ1n) is 8.74. The molecule has 2 unspecified atom stereocenters. The fourth-order valence-electron chi connectivity index (χ4n) is 4.01. The van der Waals surface area contributed by atoms with Crippen LogP contribution in [0.1, 0.15) is 50.1 Å². The van der Waals surface area contributed by atoms with Crippen LogP contribution in [0.4, 0.5) is 10.1 Å². The number of ether oxygens (including phenoxy) is 1. The Balaban J connectivity index is 1.74. The first-order chi connectivity index (χ1) is 13.4. The second-order valence-corrected chi connectivity index (χ2v) is 7.01. The van der Waals surface area contributed by atoms with Crippen molar-refractivity contribution in [3.05, 3.63) is 52.1 Å². The van der Waals surface area contributed by atoms with E-state index in [9.17, 15) is 18.8 Å². The second kappa shape index (κ2) is 6.30. The Hall–Kier alpha value is -3.47. The van der Waals surface area contributed by atoms with Crippen molar-refractivity contribution in [1.29, 1.82) is 5.26 Å². The predicted octanol–water partition coefficient (Wildman–Crippen LogP) is 2.53. The largest absolute Gasteiger partial charge is 0.463 e. The number of benzene rings is 1. The number of ketones is 1. The summed E-state index contributed by atoms with van der Waals surface area (Å²) in [6.07, 6.45) is 1.55. The zero-order valence-electron chi connectivity index (χ0n) is 15.2. The van der Waals surface area contributed by atoms with Gasteiger partial charge < -0.3 is 14.6 Å². The normalized spacial score (nSPS) is 18.6. The van der Waals surface area contributed by atoms with E-state index in [2.05, 4.69) is 10.1 Å². The van der Waals surface area contributed by atoms with Crippen LogP contribution in [0.3, 0.4) is 0 Å². The van der Waals surface area contributed by atoms with E-state index in [0.29, 0.717) is 29.3 Å². The van der Waals surface area contributed by atoms with Gasteiger partial charge >= 0.3 is 5.97 Å². The number of Topliss-reactive ketones (excluding diaryl/α,β-unsaturated/α-hetero) is 1. The molecule has 1 aliphatic carbocycles. The number of rotatable bonds is 4. The Morgan fingerprint density at radius 3 is 2.79 bits per heavy atom. The van der Waals surface area contributed by atoms with E-state index >= 15 is 0 Å². The van der Waals surface area contributed by atoms with E-state index < -0.39 is 23.5 Å². The van der Waals surface area contributed by atoms with Crippen LogP contribution in [0.5, 0.6) is 0 Å². The molecular formula is C20H16FN3O4. The van der Waals surface area contributed by atoms with Crippen LogP contribution >= 0.6 is 0 Å². The molecule has 1 aromatic heterocycles. The molecule has 0 radical (unpaired) electrons. The van der Waals surface area contributed by atoms with Crippen molar-refractivity contribution in [3.8, 4) is 6.07 Å². The highest BCUT2D eigenvalue weighted by Crippen LogP contribution is 2.54. The number of amides is 1. The number of aromatic nitrogens is 1. The number of fused-ring (bicyclic) bond motifs is 3. The van der Waals surface area contributed by atoms with Crippen molar-refractivity contribution < 1.29 is 23.5 Å². The van der Waals surface area contributed by atoms with E-state index in [-0.39, 0.29) is 22.9 Å². The summed E-state index contributed by atoms with van der Waals surface area (Å²) >= 11 is 0. The highest BCUT2D eigenvalue weighted by molar-refractivity contribution is 6.41. The lowest BCUT2D eigenvalue weighted by Crippen LogP contribution is -2.19. The van der Waals surface area contributed by atoms with Crippen molar-refractivity contribution in [2.24, 2.45) is 5.92 Å². The molecule has 4 rings (SSSR count). The van der Waals surface area contributed by atoms with Gasteiger partial charge in [-0.2, -0.15) is 5.26 Å². The summed E-state index contributed by atoms with van der Waals surface area (Å²) < 4.78 is 19.9. The second-order valence-electron chi connectivity index (χ2n) is 7.01. The lowest BCUT2D eigenvalue weighted by Gasteiger charge is -2.10. The van der Waals surface area contributed by atoms with E-state index in [1.54, 1.807) is 13.0 Å². The standard InChI is InChI=1S/C20H16FN3O4/c1-9-16(18(25)20(27)28-2)15-7-10-6-14(10)24(15)17(9)19(26)23-12-3-4-13(21)11(5-12)8-22/h3-5,10,14H,6-7H2,1-2H3,(H,23,26). The van der Waals surface area contributed by atoms with Crippen molar-refractivity contribution in [3.63, 3.8) is 0 Å². The van der Waals surface area contributed by atoms with E-state index in [4.69, 9.17) is 5.26 Å². The van der Waals surface area contributed by atoms with Crippen LogP contribution < -0.4 is 5.32 Å². The number of esters is 1. The van der Waals surface area contributed by atoms with Crippen molar-refractivity contribution >= 4 is 23.3 Å². The van der Waals surface area contributed by atoms with Crippen LogP contribution in [0, 0.1) is 30.0 Å². The molecule has 2 heterocycles. The molecule has 1 aromatic carbocycles. The van der Waals surface area contributed by atoms with Crippen molar-refractivity contribution in [1.82, 2.24) is 4.57 Å². The van der Waals surface area contributed by atoms with Crippen LogP contribution in [0.25, 0.3) is 0 Å². The molecule has 8 heteroatoms. The van der Waals surface area contributed by atoms with Crippen LogP contribution in [0.15, 0.2) is 18.2 Å². The molecular weight excluding hydrogens is 365 g/mol. The van der Waals surface area contributed by atoms with Crippen LogP contribution in [-0.4, -0.2) is 29.3 Å². The Morgan fingerprint density at radius 1 is 1.36 bits per heavy atom. The fourth-order valence-corrected chi connectivity index (χ4v) is 4.01. The lowest BCUT2D eigenvalue weighted by atomic mass is 10.0. The first kappa shape index (κ1) is 17.9. The zero-order chi connectivity index (χ0) is 20.2. The number of nitrogens with zero attached hydrogens (tertiary/aromatic N) is 2. The Morgan fingerprint density at radius 2 is 2.11 bits per heavy atom. The summed E-state index contributed by atoms with van der Waals surface area (Å²) in [5, 5.41) is 11.6. The molecule has 1 fully saturated rings. The molecule has 0 bridgehead atoms. The maximum Gasteiger partial charge on any atom is 0.379 e. The number of hydrogen-bond acceptors (Lipinski definition) is 5. The van der Waals surface area contributed by atoms with Gasteiger partial charge in [0, 0.05) is 17.4 Å². The van der Waals surface area contributed by atoms with E-state index in [0.717, 1.165) is 19.6 Å². The number of methoxy groups -OCH3 is 1. The number of hydrogen-bond donors (Lipinski definition) is 1. The average Bonchev–Trinajstić information content (AvgIpc) is 3.26. The molecule has 1 N–H and O–H groups in total. The molecule has 2 atom stereocenters. The van der Waals surface area contributed by atoms with Gasteiger partial charge in [0.2, 0.25) is 0 Å². The Labute approximate surface area is 159 Å². The molecule has 7 nitrogen and oxygen atoms in total. The third kappa shape index (κ3) is 2.59. The molecule has 28 heavy (non-hydrogen) atoms. The smallest absolute Gasteiger partial charge is 0.379 e. The highest BCUT2D eigenvalue weighted by atomic mass is 19.1. The van der Waals surface area contributed by atoms with E-state index in [1.807, 2.05) is 4.57 Å². The van der Waals surface area contributed by atoms with E-state index in [1.165, 1.54) is 12.1 Å². The number of anilines is 1. The molecule has 142 valence electrons.